The molecule has 0 nitrogen and oxygen atoms in total. The third-order valence-electron chi connectivity index (χ3n) is 6.60. The minimum absolute atomic E-state index is 0. The van der Waals surface area contributed by atoms with E-state index in [2.05, 4.69) is 137 Å². The fourth-order valence-corrected chi connectivity index (χ4v) is 6.58. The summed E-state index contributed by atoms with van der Waals surface area (Å²) in [6.45, 7) is 29.5. The molecule has 2 aliphatic carbocycles. The summed E-state index contributed by atoms with van der Waals surface area (Å²) in [6, 6.07) is 15.1. The van der Waals surface area contributed by atoms with Gasteiger partial charge in [0.05, 0.1) is 0 Å². The van der Waals surface area contributed by atoms with E-state index >= 15 is 0 Å². The van der Waals surface area contributed by atoms with Crippen LogP contribution in [0.5, 0.6) is 0 Å². The molecular formula is C34H48Cl2SiZr-2. The number of rotatable bonds is 1. The van der Waals surface area contributed by atoms with Crippen LogP contribution in [-0.2, 0) is 41.5 Å². The Bertz CT molecular complexity index is 1100. The van der Waals surface area contributed by atoms with Crippen molar-refractivity contribution in [2.24, 2.45) is 5.92 Å². The van der Waals surface area contributed by atoms with Crippen LogP contribution in [0.1, 0.15) is 91.5 Å². The molecule has 0 bridgehead atoms. The Labute approximate surface area is 263 Å². The molecule has 0 heterocycles. The van der Waals surface area contributed by atoms with E-state index < -0.39 is 8.07 Å². The van der Waals surface area contributed by atoms with E-state index in [1.807, 2.05) is 0 Å². The molecule has 1 atom stereocenters. The van der Waals surface area contributed by atoms with Crippen molar-refractivity contribution in [1.29, 1.82) is 0 Å². The number of fused-ring (bicyclic) bond motifs is 3. The van der Waals surface area contributed by atoms with Crippen LogP contribution in [0.4, 0.5) is 0 Å². The number of halogens is 2. The van der Waals surface area contributed by atoms with Gasteiger partial charge in [0.25, 0.3) is 0 Å². The SMILES string of the molecule is CC(C)(C)c1c[c-]c2c(c1)-c1cc(C(C)(C)C)ccc1C2.CC1=[C-]C(C)C=C1[Si](C)(C)C.C[C](C)=[Zr+2].[Cl-].[Cl-]. The second-order valence-corrected chi connectivity index (χ2v) is 21.2. The Morgan fingerprint density at radius 2 is 1.39 bits per heavy atom. The first-order chi connectivity index (χ1) is 16.3. The maximum Gasteiger partial charge on any atom is -1.00 e. The summed E-state index contributed by atoms with van der Waals surface area (Å²) in [5, 5.41) is 1.60. The van der Waals surface area contributed by atoms with Gasteiger partial charge in [-0.3, -0.25) is 6.08 Å². The van der Waals surface area contributed by atoms with Gasteiger partial charge < -0.3 is 24.8 Å². The van der Waals surface area contributed by atoms with E-state index in [9.17, 15) is 0 Å². The Morgan fingerprint density at radius 1 is 0.895 bits per heavy atom. The minimum Gasteiger partial charge on any atom is -1.00 e. The zero-order chi connectivity index (χ0) is 27.6. The van der Waals surface area contributed by atoms with E-state index in [1.165, 1.54) is 42.2 Å². The molecule has 0 radical (unpaired) electrons. The van der Waals surface area contributed by atoms with Crippen LogP contribution >= 0.6 is 0 Å². The maximum absolute atomic E-state index is 3.53. The molecule has 2 aliphatic rings. The van der Waals surface area contributed by atoms with Gasteiger partial charge in [0.15, 0.2) is 0 Å². The molecule has 2 aromatic carbocycles. The van der Waals surface area contributed by atoms with Crippen molar-refractivity contribution >= 4 is 11.3 Å². The Morgan fingerprint density at radius 3 is 1.79 bits per heavy atom. The first kappa shape index (κ1) is 37.5. The first-order valence-electron chi connectivity index (χ1n) is 13.3. The average molecular weight is 647 g/mol. The molecule has 0 fully saturated rings. The molecule has 4 heteroatoms. The standard InChI is InChI=1S/C21H25.C10H17Si.C3H6.2ClH.Zr/c1-20(2,3)16-9-7-14-11-15-8-10-17(21(4,5)6)13-19(15)18(14)12-16;1-8-6-9(2)10(7-8)11(3,4)5;1-3-2;;;/h7,9-10,12-13H,11H2,1-6H3;7-8H,1-5H3;1-2H3;2*1H;/q2*-1;;;;+2/p-2. The van der Waals surface area contributed by atoms with Crippen LogP contribution in [0.15, 0.2) is 47.2 Å². The molecule has 38 heavy (non-hydrogen) atoms. The first-order valence-corrected chi connectivity index (χ1v) is 18.1. The Kier molecular flexibility index (Phi) is 14.2. The van der Waals surface area contributed by atoms with Gasteiger partial charge >= 0.3 is 41.3 Å². The number of benzene rings is 2. The van der Waals surface area contributed by atoms with Crippen molar-refractivity contribution in [3.63, 3.8) is 0 Å². The fraction of sp³-hybridized carbons (Fsp3) is 0.500. The van der Waals surface area contributed by atoms with E-state index in [0.717, 1.165) is 6.42 Å². The number of allylic oxidation sites excluding steroid dienone is 4. The maximum atomic E-state index is 3.53. The number of hydrogen-bond acceptors (Lipinski definition) is 0. The van der Waals surface area contributed by atoms with Crippen molar-refractivity contribution in [1.82, 2.24) is 0 Å². The summed E-state index contributed by atoms with van der Waals surface area (Å²) in [5.41, 5.74) is 10.2. The normalized spacial score (nSPS) is 15.7. The average Bonchev–Trinajstić information content (AvgIpc) is 3.24. The van der Waals surface area contributed by atoms with E-state index in [0.29, 0.717) is 5.92 Å². The third kappa shape index (κ3) is 10.5. The number of hydrogen-bond donors (Lipinski definition) is 0. The summed E-state index contributed by atoms with van der Waals surface area (Å²) in [5.74, 6) is 0.553. The van der Waals surface area contributed by atoms with Crippen molar-refractivity contribution in [2.45, 2.75) is 106 Å². The summed E-state index contributed by atoms with van der Waals surface area (Å²) >= 11 is 1.55. The molecule has 0 saturated carbocycles. The van der Waals surface area contributed by atoms with Crippen LogP contribution in [0.25, 0.3) is 11.1 Å². The van der Waals surface area contributed by atoms with Gasteiger partial charge in [0, 0.05) is 0 Å². The van der Waals surface area contributed by atoms with Gasteiger partial charge in [-0.2, -0.15) is 35.4 Å². The molecule has 0 spiro atoms. The largest absolute Gasteiger partial charge is 1.00 e. The van der Waals surface area contributed by atoms with E-state index in [-0.39, 0.29) is 35.6 Å². The van der Waals surface area contributed by atoms with Gasteiger partial charge in [0.2, 0.25) is 0 Å². The second-order valence-electron chi connectivity index (χ2n) is 13.7. The monoisotopic (exact) mass is 644 g/mol. The molecule has 0 aromatic heterocycles. The molecule has 1 unspecified atom stereocenters. The van der Waals surface area contributed by atoms with Crippen molar-refractivity contribution in [2.75, 3.05) is 0 Å². The Hall–Kier alpha value is -0.530. The molecule has 0 amide bonds. The van der Waals surface area contributed by atoms with Gasteiger partial charge in [-0.15, -0.1) is 5.56 Å². The van der Waals surface area contributed by atoms with Gasteiger partial charge in [-0.1, -0.05) is 116 Å². The smallest absolute Gasteiger partial charge is 1.00 e. The second kappa shape index (κ2) is 14.4. The predicted molar refractivity (Wildman–Crippen MR) is 160 cm³/mol. The topological polar surface area (TPSA) is 0 Å². The zero-order valence-corrected chi connectivity index (χ0v) is 31.0. The summed E-state index contributed by atoms with van der Waals surface area (Å²) < 4.78 is 1.51. The molecule has 0 N–H and O–H groups in total. The van der Waals surface area contributed by atoms with Gasteiger partial charge in [-0.05, 0) is 25.5 Å². The summed E-state index contributed by atoms with van der Waals surface area (Å²) in [4.78, 5) is 0. The Balaban J connectivity index is 0.000000684. The van der Waals surface area contributed by atoms with Crippen LogP contribution in [0.2, 0.25) is 19.6 Å². The summed E-state index contributed by atoms with van der Waals surface area (Å²) in [7, 11) is -1.07. The molecule has 0 saturated heterocycles. The van der Waals surface area contributed by atoms with Crippen molar-refractivity contribution in [3.05, 3.63) is 81.6 Å². The van der Waals surface area contributed by atoms with Crippen LogP contribution in [0.3, 0.4) is 0 Å². The molecular weight excluding hydrogens is 599 g/mol. The van der Waals surface area contributed by atoms with Crippen LogP contribution in [0, 0.1) is 18.1 Å². The third-order valence-corrected chi connectivity index (χ3v) is 8.76. The molecule has 4 rings (SSSR count). The van der Waals surface area contributed by atoms with E-state index in [4.69, 9.17) is 0 Å². The quantitative estimate of drug-likeness (QED) is 0.280. The minimum atomic E-state index is -1.07. The van der Waals surface area contributed by atoms with Crippen LogP contribution in [-0.4, -0.2) is 11.3 Å². The fourth-order valence-electron chi connectivity index (χ4n) is 4.63. The zero-order valence-electron chi connectivity index (χ0n) is 26.0. The van der Waals surface area contributed by atoms with Crippen LogP contribution < -0.4 is 24.8 Å². The molecule has 2 aromatic rings. The molecule has 208 valence electrons. The summed E-state index contributed by atoms with van der Waals surface area (Å²) in [6.07, 6.45) is 6.84. The van der Waals surface area contributed by atoms with Crippen molar-refractivity contribution < 1.29 is 49.0 Å². The van der Waals surface area contributed by atoms with Gasteiger partial charge in [-0.25, -0.2) is 10.8 Å². The van der Waals surface area contributed by atoms with E-state index in [1.54, 1.807) is 29.4 Å². The van der Waals surface area contributed by atoms with Crippen molar-refractivity contribution in [3.8, 4) is 11.1 Å². The van der Waals surface area contributed by atoms with Gasteiger partial charge in [0.1, 0.15) is 0 Å². The predicted octanol–water partition coefficient (Wildman–Crippen LogP) is 3.60. The molecule has 0 aliphatic heterocycles.